The maximum atomic E-state index is 13.2. The lowest BCUT2D eigenvalue weighted by Gasteiger charge is -2.25. The number of nitrogens with zero attached hydrogens (tertiary/aromatic N) is 2. The van der Waals surface area contributed by atoms with Gasteiger partial charge in [-0.05, 0) is 37.8 Å². The molecule has 0 aliphatic carbocycles. The van der Waals surface area contributed by atoms with Gasteiger partial charge in [-0.2, -0.15) is 4.31 Å². The van der Waals surface area contributed by atoms with Crippen LogP contribution in [0.15, 0.2) is 23.1 Å². The van der Waals surface area contributed by atoms with Crippen LogP contribution in [0.1, 0.15) is 32.1 Å². The molecule has 30 heavy (non-hydrogen) atoms. The number of amides is 2. The van der Waals surface area contributed by atoms with E-state index in [1.165, 1.54) is 16.4 Å². The van der Waals surface area contributed by atoms with Gasteiger partial charge in [-0.15, -0.1) is 0 Å². The second-order valence-electron chi connectivity index (χ2n) is 7.71. The molecule has 9 nitrogen and oxygen atoms in total. The molecule has 1 atom stereocenters. The zero-order valence-electron chi connectivity index (χ0n) is 16.8. The van der Waals surface area contributed by atoms with E-state index in [9.17, 15) is 18.0 Å². The smallest absolute Gasteiger partial charge is 0.243 e. The van der Waals surface area contributed by atoms with E-state index in [1.807, 2.05) is 0 Å². The molecule has 0 spiro atoms. The van der Waals surface area contributed by atoms with Crippen LogP contribution in [-0.4, -0.2) is 74.9 Å². The number of carbonyl (C=O) groups excluding carboxylic acids is 2. The predicted octanol–water partition coefficient (Wildman–Crippen LogP) is 0.740. The molecule has 0 aromatic heterocycles. The van der Waals surface area contributed by atoms with Crippen molar-refractivity contribution in [3.8, 4) is 11.5 Å². The molecule has 3 aliphatic heterocycles. The highest BCUT2D eigenvalue weighted by Crippen LogP contribution is 2.34. The SMILES string of the molecule is O=C(NCCCN1CCCC1=O)C1CCCN1S(=O)(=O)c1ccc2c(c1)OCCO2. The molecule has 164 valence electrons. The summed E-state index contributed by atoms with van der Waals surface area (Å²) in [7, 11) is -3.83. The van der Waals surface area contributed by atoms with E-state index in [0.717, 1.165) is 13.0 Å². The van der Waals surface area contributed by atoms with E-state index in [4.69, 9.17) is 9.47 Å². The number of carbonyl (C=O) groups is 2. The van der Waals surface area contributed by atoms with Crippen LogP contribution in [-0.2, 0) is 19.6 Å². The van der Waals surface area contributed by atoms with E-state index >= 15 is 0 Å². The molecule has 0 radical (unpaired) electrons. The number of sulfonamides is 1. The van der Waals surface area contributed by atoms with Gasteiger partial charge >= 0.3 is 0 Å². The van der Waals surface area contributed by atoms with Crippen LogP contribution in [0.25, 0.3) is 0 Å². The van der Waals surface area contributed by atoms with E-state index in [-0.39, 0.29) is 16.7 Å². The van der Waals surface area contributed by atoms with Crippen LogP contribution in [0.4, 0.5) is 0 Å². The molecule has 1 aromatic carbocycles. The summed E-state index contributed by atoms with van der Waals surface area (Å²) in [6.45, 7) is 2.90. The van der Waals surface area contributed by atoms with E-state index in [2.05, 4.69) is 5.32 Å². The van der Waals surface area contributed by atoms with Gasteiger partial charge in [-0.25, -0.2) is 8.42 Å². The van der Waals surface area contributed by atoms with E-state index in [1.54, 1.807) is 11.0 Å². The molecule has 3 heterocycles. The van der Waals surface area contributed by atoms with Gasteiger partial charge in [-0.1, -0.05) is 0 Å². The fraction of sp³-hybridized carbons (Fsp3) is 0.600. The Hall–Kier alpha value is -2.33. The standard InChI is InChI=1S/C20H27N3O6S/c24-19-5-2-9-22(19)10-3-8-21-20(25)16-4-1-11-23(16)30(26,27)15-6-7-17-18(14-15)29-13-12-28-17/h6-7,14,16H,1-5,8-13H2,(H,21,25). The minimum atomic E-state index is -3.83. The first-order valence-electron chi connectivity index (χ1n) is 10.4. The van der Waals surface area contributed by atoms with Crippen molar-refractivity contribution >= 4 is 21.8 Å². The lowest BCUT2D eigenvalue weighted by atomic mass is 10.2. The fourth-order valence-electron chi connectivity index (χ4n) is 4.15. The van der Waals surface area contributed by atoms with Gasteiger partial charge < -0.3 is 19.7 Å². The summed E-state index contributed by atoms with van der Waals surface area (Å²) < 4.78 is 38.6. The summed E-state index contributed by atoms with van der Waals surface area (Å²) in [5.41, 5.74) is 0. The molecule has 0 saturated carbocycles. The highest BCUT2D eigenvalue weighted by molar-refractivity contribution is 7.89. The highest BCUT2D eigenvalue weighted by Gasteiger charge is 2.39. The first-order valence-corrected chi connectivity index (χ1v) is 11.9. The summed E-state index contributed by atoms with van der Waals surface area (Å²) in [6.07, 6.45) is 3.25. The topological polar surface area (TPSA) is 105 Å². The summed E-state index contributed by atoms with van der Waals surface area (Å²) in [4.78, 5) is 26.2. The second-order valence-corrected chi connectivity index (χ2v) is 9.60. The predicted molar refractivity (Wildman–Crippen MR) is 108 cm³/mol. The monoisotopic (exact) mass is 437 g/mol. The molecular weight excluding hydrogens is 410 g/mol. The third kappa shape index (κ3) is 4.24. The van der Waals surface area contributed by atoms with Crippen LogP contribution in [0, 0.1) is 0 Å². The zero-order valence-corrected chi connectivity index (χ0v) is 17.7. The largest absolute Gasteiger partial charge is 0.486 e. The Bertz CT molecular complexity index is 919. The molecule has 1 unspecified atom stereocenters. The molecule has 2 saturated heterocycles. The first-order chi connectivity index (χ1) is 14.5. The number of hydrogen-bond donors (Lipinski definition) is 1. The molecule has 4 rings (SSSR count). The number of hydrogen-bond acceptors (Lipinski definition) is 6. The van der Waals surface area contributed by atoms with Crippen molar-refractivity contribution in [2.24, 2.45) is 0 Å². The van der Waals surface area contributed by atoms with Crippen molar-refractivity contribution in [2.75, 3.05) is 39.4 Å². The third-order valence-electron chi connectivity index (χ3n) is 5.70. The third-order valence-corrected chi connectivity index (χ3v) is 7.61. The average molecular weight is 438 g/mol. The number of nitrogens with one attached hydrogen (secondary N) is 1. The van der Waals surface area contributed by atoms with Crippen molar-refractivity contribution < 1.29 is 27.5 Å². The lowest BCUT2D eigenvalue weighted by molar-refractivity contribution is -0.127. The van der Waals surface area contributed by atoms with Crippen molar-refractivity contribution in [1.82, 2.24) is 14.5 Å². The summed E-state index contributed by atoms with van der Waals surface area (Å²) >= 11 is 0. The maximum absolute atomic E-state index is 13.2. The normalized spacial score (nSPS) is 21.8. The second kappa shape index (κ2) is 8.81. The Balaban J connectivity index is 1.37. The molecule has 2 amide bonds. The minimum Gasteiger partial charge on any atom is -0.486 e. The van der Waals surface area contributed by atoms with E-state index < -0.39 is 16.1 Å². The summed E-state index contributed by atoms with van der Waals surface area (Å²) in [5, 5.41) is 2.84. The van der Waals surface area contributed by atoms with Gasteiger partial charge in [0.15, 0.2) is 11.5 Å². The van der Waals surface area contributed by atoms with Crippen LogP contribution in [0.5, 0.6) is 11.5 Å². The van der Waals surface area contributed by atoms with Crippen molar-refractivity contribution in [2.45, 2.75) is 43.0 Å². The zero-order chi connectivity index (χ0) is 21.1. The first kappa shape index (κ1) is 20.9. The molecule has 0 bridgehead atoms. The molecule has 1 N–H and O–H groups in total. The van der Waals surface area contributed by atoms with E-state index in [0.29, 0.717) is 70.0 Å². The van der Waals surface area contributed by atoms with Crippen molar-refractivity contribution in [3.63, 3.8) is 0 Å². The molecule has 10 heteroatoms. The van der Waals surface area contributed by atoms with Crippen LogP contribution in [0.3, 0.4) is 0 Å². The fourth-order valence-corrected chi connectivity index (χ4v) is 5.82. The van der Waals surface area contributed by atoms with Gasteiger partial charge in [0.1, 0.15) is 19.3 Å². The summed E-state index contributed by atoms with van der Waals surface area (Å²) in [5.74, 6) is 0.793. The molecule has 2 fully saturated rings. The van der Waals surface area contributed by atoms with Crippen molar-refractivity contribution in [1.29, 1.82) is 0 Å². The number of benzene rings is 1. The van der Waals surface area contributed by atoms with Crippen LogP contribution in [0.2, 0.25) is 0 Å². The van der Waals surface area contributed by atoms with Gasteiger partial charge in [0, 0.05) is 38.7 Å². The molecule has 3 aliphatic rings. The Morgan fingerprint density at radius 1 is 1.13 bits per heavy atom. The molecule has 1 aromatic rings. The lowest BCUT2D eigenvalue weighted by Crippen LogP contribution is -2.46. The molecular formula is C20H27N3O6S. The Morgan fingerprint density at radius 3 is 2.70 bits per heavy atom. The van der Waals surface area contributed by atoms with Gasteiger partial charge in [0.25, 0.3) is 0 Å². The minimum absolute atomic E-state index is 0.0963. The number of likely N-dealkylation sites (tertiary alicyclic amines) is 1. The quantitative estimate of drug-likeness (QED) is 0.631. The maximum Gasteiger partial charge on any atom is 0.243 e. The van der Waals surface area contributed by atoms with Crippen molar-refractivity contribution in [3.05, 3.63) is 18.2 Å². The Morgan fingerprint density at radius 2 is 1.93 bits per heavy atom. The van der Waals surface area contributed by atoms with Gasteiger partial charge in [0.2, 0.25) is 21.8 Å². The Kier molecular flexibility index (Phi) is 6.14. The average Bonchev–Trinajstić information content (AvgIpc) is 3.40. The number of ether oxygens (including phenoxy) is 2. The van der Waals surface area contributed by atoms with Crippen LogP contribution >= 0.6 is 0 Å². The van der Waals surface area contributed by atoms with Gasteiger partial charge in [-0.3, -0.25) is 9.59 Å². The van der Waals surface area contributed by atoms with Crippen LogP contribution < -0.4 is 14.8 Å². The highest BCUT2D eigenvalue weighted by atomic mass is 32.2. The summed E-state index contributed by atoms with van der Waals surface area (Å²) in [6, 6.07) is 3.82. The Labute approximate surface area is 176 Å². The number of fused-ring (bicyclic) bond motifs is 1. The number of rotatable bonds is 7. The van der Waals surface area contributed by atoms with Gasteiger partial charge in [0.05, 0.1) is 4.90 Å².